The maximum atomic E-state index is 13.6. The molecule has 1 aliphatic rings. The van der Waals surface area contributed by atoms with Crippen molar-refractivity contribution in [3.8, 4) is 0 Å². The lowest BCUT2D eigenvalue weighted by atomic mass is 9.95. The minimum Gasteiger partial charge on any atom is -0.376 e. The van der Waals surface area contributed by atoms with E-state index in [0.29, 0.717) is 41.8 Å². The molecule has 3 heterocycles. The van der Waals surface area contributed by atoms with Gasteiger partial charge in [-0.2, -0.15) is 17.5 Å². The number of piperazine rings is 1. The topological polar surface area (TPSA) is 91.6 Å². The van der Waals surface area contributed by atoms with Gasteiger partial charge >= 0.3 is 6.18 Å². The summed E-state index contributed by atoms with van der Waals surface area (Å²) in [6.45, 7) is 1.63. The molecule has 4 aromatic rings. The van der Waals surface area contributed by atoms with Crippen LogP contribution in [0, 0.1) is 0 Å². The second kappa shape index (κ2) is 10.1. The zero-order valence-electron chi connectivity index (χ0n) is 20.8. The Morgan fingerprint density at radius 2 is 1.72 bits per heavy atom. The number of aliphatic hydroxyl groups is 1. The first-order chi connectivity index (χ1) is 18.4. The molecule has 206 valence electrons. The second-order valence-electron chi connectivity index (χ2n) is 9.53. The first kappa shape index (κ1) is 27.4. The highest BCUT2D eigenvalue weighted by molar-refractivity contribution is 7.90. The van der Waals surface area contributed by atoms with Crippen LogP contribution in [-0.2, 0) is 22.2 Å². The molecule has 0 amide bonds. The van der Waals surface area contributed by atoms with Crippen molar-refractivity contribution < 1.29 is 26.7 Å². The fraction of sp³-hybridized carbons (Fsp3) is 0.308. The lowest BCUT2D eigenvalue weighted by Crippen LogP contribution is -2.56. The molecule has 13 heteroatoms. The number of alkyl halides is 3. The zero-order chi connectivity index (χ0) is 28.0. The van der Waals surface area contributed by atoms with Gasteiger partial charge in [-0.15, -0.1) is 12.6 Å². The first-order valence-corrected chi connectivity index (χ1v) is 14.0. The number of benzene rings is 2. The highest BCUT2D eigenvalue weighted by Gasteiger charge is 2.51. The molecular weight excluding hydrogens is 551 g/mol. The van der Waals surface area contributed by atoms with E-state index >= 15 is 0 Å². The van der Waals surface area contributed by atoms with Crippen LogP contribution in [0.4, 0.5) is 18.9 Å². The van der Waals surface area contributed by atoms with Crippen LogP contribution in [0.15, 0.2) is 83.0 Å². The fourth-order valence-corrected chi connectivity index (χ4v) is 6.84. The van der Waals surface area contributed by atoms with Crippen molar-refractivity contribution in [3.05, 3.63) is 78.8 Å². The van der Waals surface area contributed by atoms with Crippen molar-refractivity contribution in [2.75, 3.05) is 24.5 Å². The third kappa shape index (κ3) is 5.11. The van der Waals surface area contributed by atoms with Crippen LogP contribution in [0.2, 0.25) is 0 Å². The van der Waals surface area contributed by atoms with Crippen LogP contribution in [0.1, 0.15) is 12.5 Å². The second-order valence-corrected chi connectivity index (χ2v) is 11.9. The Morgan fingerprint density at radius 1 is 1.03 bits per heavy atom. The first-order valence-electron chi connectivity index (χ1n) is 12.1. The molecule has 1 N–H and O–H groups in total. The van der Waals surface area contributed by atoms with Crippen LogP contribution < -0.4 is 4.90 Å². The molecular formula is C26H26F3N5O3S2. The van der Waals surface area contributed by atoms with Gasteiger partial charge in [-0.1, -0.05) is 24.3 Å². The molecule has 8 nitrogen and oxygen atoms in total. The number of aromatic nitrogens is 3. The summed E-state index contributed by atoms with van der Waals surface area (Å²) >= 11 is 4.34. The fourth-order valence-electron chi connectivity index (χ4n) is 4.78. The standard InChI is InChI=1S/C26H26F3N5O3S2/c1-25(35,26(27,28)29)18-6-8-19(9-7-18)34-15-14-33(39(36,37)23-5-3-2-4-22(23)38)17-20(34)16-32-13-10-21-24(32)31-12-11-30-21/h2-13,20,35,38H,14-17H2,1H3/t20-,25+/m0/s1. The highest BCUT2D eigenvalue weighted by atomic mass is 32.2. The Morgan fingerprint density at radius 3 is 2.41 bits per heavy atom. The number of hydrogen-bond donors (Lipinski definition) is 2. The van der Waals surface area contributed by atoms with Gasteiger partial charge in [0.2, 0.25) is 10.0 Å². The van der Waals surface area contributed by atoms with Crippen molar-refractivity contribution in [2.24, 2.45) is 0 Å². The molecule has 39 heavy (non-hydrogen) atoms. The normalized spacial score (nSPS) is 18.8. The van der Waals surface area contributed by atoms with Gasteiger partial charge in [0.05, 0.1) is 10.9 Å². The quantitative estimate of drug-likeness (QED) is 0.336. The number of nitrogens with zero attached hydrogens (tertiary/aromatic N) is 5. The predicted molar refractivity (Wildman–Crippen MR) is 143 cm³/mol. The van der Waals surface area contributed by atoms with Crippen LogP contribution in [0.5, 0.6) is 0 Å². The molecule has 0 radical (unpaired) electrons. The van der Waals surface area contributed by atoms with Gasteiger partial charge in [0.25, 0.3) is 0 Å². The lowest BCUT2D eigenvalue weighted by Gasteiger charge is -2.42. The van der Waals surface area contributed by atoms with Crippen molar-refractivity contribution in [1.82, 2.24) is 18.8 Å². The van der Waals surface area contributed by atoms with Crippen LogP contribution in [0.3, 0.4) is 0 Å². The van der Waals surface area contributed by atoms with E-state index in [0.717, 1.165) is 0 Å². The number of halogens is 3. The zero-order valence-corrected chi connectivity index (χ0v) is 22.5. The maximum Gasteiger partial charge on any atom is 0.421 e. The molecule has 1 saturated heterocycles. The molecule has 1 fully saturated rings. The van der Waals surface area contributed by atoms with Crippen LogP contribution >= 0.6 is 12.6 Å². The van der Waals surface area contributed by atoms with E-state index in [1.54, 1.807) is 30.6 Å². The molecule has 2 atom stereocenters. The Labute approximate surface area is 229 Å². The van der Waals surface area contributed by atoms with E-state index in [1.165, 1.54) is 34.6 Å². The molecule has 0 aliphatic carbocycles. The third-order valence-corrected chi connectivity index (χ3v) is 9.50. The maximum absolute atomic E-state index is 13.6. The van der Waals surface area contributed by atoms with E-state index in [-0.39, 0.29) is 23.5 Å². The summed E-state index contributed by atoms with van der Waals surface area (Å²) in [6.07, 6.45) is 0.142. The van der Waals surface area contributed by atoms with E-state index in [9.17, 15) is 26.7 Å². The van der Waals surface area contributed by atoms with Crippen molar-refractivity contribution in [1.29, 1.82) is 0 Å². The molecule has 1 aliphatic heterocycles. The number of sulfonamides is 1. The largest absolute Gasteiger partial charge is 0.421 e. The van der Waals surface area contributed by atoms with E-state index in [2.05, 4.69) is 22.6 Å². The van der Waals surface area contributed by atoms with Crippen LogP contribution in [-0.4, -0.2) is 64.2 Å². The van der Waals surface area contributed by atoms with Crippen molar-refractivity contribution in [2.45, 2.75) is 41.1 Å². The van der Waals surface area contributed by atoms with Gasteiger partial charge < -0.3 is 14.6 Å². The predicted octanol–water partition coefficient (Wildman–Crippen LogP) is 4.07. The van der Waals surface area contributed by atoms with Gasteiger partial charge in [-0.25, -0.2) is 13.4 Å². The SMILES string of the molecule is C[C@@](O)(c1ccc(N2CCN(S(=O)(=O)c3ccccc3S)C[C@@H]2Cn2ccc3nccnc32)cc1)C(F)(F)F. The number of rotatable bonds is 6. The lowest BCUT2D eigenvalue weighted by molar-refractivity contribution is -0.258. The summed E-state index contributed by atoms with van der Waals surface area (Å²) in [5.74, 6) is 0. The van der Waals surface area contributed by atoms with Crippen LogP contribution in [0.25, 0.3) is 11.2 Å². The Balaban J connectivity index is 1.49. The molecule has 0 bridgehead atoms. The van der Waals surface area contributed by atoms with Crippen molar-refractivity contribution >= 4 is 39.5 Å². The smallest absolute Gasteiger partial charge is 0.376 e. The van der Waals surface area contributed by atoms with E-state index < -0.39 is 27.8 Å². The highest BCUT2D eigenvalue weighted by Crippen LogP contribution is 2.39. The van der Waals surface area contributed by atoms with E-state index in [1.807, 2.05) is 21.7 Å². The monoisotopic (exact) mass is 577 g/mol. The minimum atomic E-state index is -4.84. The van der Waals surface area contributed by atoms with Gasteiger partial charge in [-0.05, 0) is 42.8 Å². The molecule has 0 unspecified atom stereocenters. The molecule has 0 spiro atoms. The average Bonchev–Trinajstić information content (AvgIpc) is 3.31. The summed E-state index contributed by atoms with van der Waals surface area (Å²) in [6, 6.07) is 13.4. The number of anilines is 1. The summed E-state index contributed by atoms with van der Waals surface area (Å²) < 4.78 is 70.5. The molecule has 2 aromatic carbocycles. The number of fused-ring (bicyclic) bond motifs is 1. The summed E-state index contributed by atoms with van der Waals surface area (Å²) in [4.78, 5) is 11.1. The average molecular weight is 578 g/mol. The minimum absolute atomic E-state index is 0.108. The number of hydrogen-bond acceptors (Lipinski definition) is 7. The van der Waals surface area contributed by atoms with Gasteiger partial charge in [-0.3, -0.25) is 4.98 Å². The number of thiol groups is 1. The van der Waals surface area contributed by atoms with E-state index in [4.69, 9.17) is 0 Å². The molecule has 0 saturated carbocycles. The van der Waals surface area contributed by atoms with Gasteiger partial charge in [0, 0.05) is 55.4 Å². The summed E-state index contributed by atoms with van der Waals surface area (Å²) in [5, 5.41) is 10.1. The summed E-state index contributed by atoms with van der Waals surface area (Å²) in [7, 11) is -3.86. The third-order valence-electron chi connectivity index (χ3n) is 7.04. The van der Waals surface area contributed by atoms with Crippen molar-refractivity contribution in [3.63, 3.8) is 0 Å². The Hall–Kier alpha value is -3.13. The van der Waals surface area contributed by atoms with Gasteiger partial charge in [0.15, 0.2) is 11.2 Å². The Bertz CT molecular complexity index is 1590. The van der Waals surface area contributed by atoms with Gasteiger partial charge in [0.1, 0.15) is 5.52 Å². The molecule has 5 rings (SSSR count). The summed E-state index contributed by atoms with van der Waals surface area (Å²) in [5.41, 5.74) is -1.35. The molecule has 2 aromatic heterocycles. The Kier molecular flexibility index (Phi) is 7.12.